The van der Waals surface area contributed by atoms with E-state index in [1.165, 1.54) is 0 Å². The first-order valence-electron chi connectivity index (χ1n) is 7.74. The molecule has 1 heterocycles. The minimum atomic E-state index is -0.0318. The van der Waals surface area contributed by atoms with Crippen LogP contribution < -0.4 is 16.0 Å². The number of carbonyl (C=O) groups excluding carboxylic acids is 1. The molecule has 1 amide bonds. The molecule has 0 atom stereocenters. The molecule has 0 aliphatic heterocycles. The summed E-state index contributed by atoms with van der Waals surface area (Å²) in [6.07, 6.45) is 2.86. The molecule has 0 aliphatic carbocycles. The van der Waals surface area contributed by atoms with Gasteiger partial charge in [0.1, 0.15) is 17.5 Å². The molecular weight excluding hydrogens is 266 g/mol. The van der Waals surface area contributed by atoms with E-state index in [2.05, 4.69) is 39.8 Å². The standard InChI is InChI=1S/C15H27N5O/c1-5-8-12-19-14(17-9-6-2)11(4)15(20-12)18-10-13(21)16-7-3/h5-10H2,1-4H3,(H,16,21)(H2,17,18,19,20). The Hall–Kier alpha value is -1.85. The van der Waals surface area contributed by atoms with Gasteiger partial charge in [0, 0.05) is 25.1 Å². The number of aromatic nitrogens is 2. The van der Waals surface area contributed by atoms with E-state index in [9.17, 15) is 4.79 Å². The Bertz CT molecular complexity index is 462. The first-order valence-corrected chi connectivity index (χ1v) is 7.74. The third-order valence-corrected chi connectivity index (χ3v) is 3.00. The molecule has 0 bridgehead atoms. The van der Waals surface area contributed by atoms with Crippen LogP contribution in [-0.2, 0) is 11.2 Å². The summed E-state index contributed by atoms with van der Waals surface area (Å²) in [6.45, 7) is 9.82. The summed E-state index contributed by atoms with van der Waals surface area (Å²) in [5.74, 6) is 2.36. The third-order valence-electron chi connectivity index (χ3n) is 3.00. The molecule has 6 nitrogen and oxygen atoms in total. The molecule has 0 saturated carbocycles. The number of nitrogens with one attached hydrogen (secondary N) is 3. The van der Waals surface area contributed by atoms with Gasteiger partial charge in [0.2, 0.25) is 5.91 Å². The summed E-state index contributed by atoms with van der Waals surface area (Å²) >= 11 is 0. The molecule has 3 N–H and O–H groups in total. The van der Waals surface area contributed by atoms with Gasteiger partial charge in [0.05, 0.1) is 6.54 Å². The number of likely N-dealkylation sites (N-methyl/N-ethyl adjacent to an activating group) is 1. The molecule has 0 fully saturated rings. The van der Waals surface area contributed by atoms with Crippen molar-refractivity contribution in [2.75, 3.05) is 30.3 Å². The number of anilines is 2. The number of hydrogen-bond donors (Lipinski definition) is 3. The molecule has 0 radical (unpaired) electrons. The number of amides is 1. The first kappa shape index (κ1) is 17.2. The van der Waals surface area contributed by atoms with Gasteiger partial charge in [-0.3, -0.25) is 4.79 Å². The van der Waals surface area contributed by atoms with Crippen molar-refractivity contribution in [1.29, 1.82) is 0 Å². The molecule has 1 aromatic rings. The highest BCUT2D eigenvalue weighted by Gasteiger charge is 2.11. The van der Waals surface area contributed by atoms with Crippen molar-refractivity contribution in [2.24, 2.45) is 0 Å². The van der Waals surface area contributed by atoms with Crippen LogP contribution in [0, 0.1) is 6.92 Å². The average Bonchev–Trinajstić information content (AvgIpc) is 2.46. The molecule has 6 heteroatoms. The monoisotopic (exact) mass is 293 g/mol. The van der Waals surface area contributed by atoms with Crippen molar-refractivity contribution in [3.63, 3.8) is 0 Å². The molecular formula is C15H27N5O. The smallest absolute Gasteiger partial charge is 0.239 e. The van der Waals surface area contributed by atoms with Gasteiger partial charge < -0.3 is 16.0 Å². The number of nitrogens with zero attached hydrogens (tertiary/aromatic N) is 2. The summed E-state index contributed by atoms with van der Waals surface area (Å²) < 4.78 is 0. The van der Waals surface area contributed by atoms with Crippen LogP contribution in [0.25, 0.3) is 0 Å². The maximum absolute atomic E-state index is 11.6. The van der Waals surface area contributed by atoms with E-state index in [-0.39, 0.29) is 12.5 Å². The Morgan fingerprint density at radius 3 is 2.29 bits per heavy atom. The first-order chi connectivity index (χ1) is 10.1. The molecule has 0 spiro atoms. The summed E-state index contributed by atoms with van der Waals surface area (Å²) in [5, 5.41) is 9.20. The van der Waals surface area contributed by atoms with Crippen LogP contribution in [0.2, 0.25) is 0 Å². The number of rotatable bonds is 9. The fraction of sp³-hybridized carbons (Fsp3) is 0.667. The van der Waals surface area contributed by atoms with Crippen LogP contribution in [0.1, 0.15) is 45.0 Å². The minimum absolute atomic E-state index is 0.0318. The number of aryl methyl sites for hydroxylation is 1. The number of hydrogen-bond acceptors (Lipinski definition) is 5. The predicted molar refractivity (Wildman–Crippen MR) is 86.7 cm³/mol. The van der Waals surface area contributed by atoms with Gasteiger partial charge in [0.15, 0.2) is 0 Å². The number of carbonyl (C=O) groups is 1. The van der Waals surface area contributed by atoms with E-state index in [1.54, 1.807) is 0 Å². The average molecular weight is 293 g/mol. The Labute approximate surface area is 127 Å². The topological polar surface area (TPSA) is 78.9 Å². The van der Waals surface area contributed by atoms with Gasteiger partial charge in [-0.15, -0.1) is 0 Å². The Morgan fingerprint density at radius 2 is 1.71 bits per heavy atom. The van der Waals surface area contributed by atoms with E-state index < -0.39 is 0 Å². The lowest BCUT2D eigenvalue weighted by molar-refractivity contribution is -0.119. The second-order valence-electron chi connectivity index (χ2n) is 4.95. The van der Waals surface area contributed by atoms with E-state index in [1.807, 2.05) is 13.8 Å². The van der Waals surface area contributed by atoms with Crippen LogP contribution in [0.15, 0.2) is 0 Å². The second-order valence-corrected chi connectivity index (χ2v) is 4.95. The summed E-state index contributed by atoms with van der Waals surface area (Å²) in [7, 11) is 0. The zero-order valence-electron chi connectivity index (χ0n) is 13.5. The largest absolute Gasteiger partial charge is 0.370 e. The van der Waals surface area contributed by atoms with E-state index >= 15 is 0 Å². The molecule has 118 valence electrons. The molecule has 21 heavy (non-hydrogen) atoms. The van der Waals surface area contributed by atoms with Crippen molar-refractivity contribution >= 4 is 17.5 Å². The van der Waals surface area contributed by atoms with E-state index in [0.717, 1.165) is 48.8 Å². The predicted octanol–water partition coefficient (Wildman–Crippen LogP) is 2.11. The van der Waals surface area contributed by atoms with Gasteiger partial charge in [0.25, 0.3) is 0 Å². The third kappa shape index (κ3) is 5.57. The van der Waals surface area contributed by atoms with Crippen molar-refractivity contribution in [3.05, 3.63) is 11.4 Å². The summed E-state index contributed by atoms with van der Waals surface area (Å²) in [5.41, 5.74) is 0.951. The molecule has 1 rings (SSSR count). The highest BCUT2D eigenvalue weighted by atomic mass is 16.1. The SMILES string of the molecule is CCCNc1nc(CCC)nc(NCC(=O)NCC)c1C. The second kappa shape index (κ2) is 9.15. The lowest BCUT2D eigenvalue weighted by Crippen LogP contribution is -2.30. The minimum Gasteiger partial charge on any atom is -0.370 e. The molecule has 1 aromatic heterocycles. The molecule has 0 saturated heterocycles. The normalized spacial score (nSPS) is 10.3. The maximum atomic E-state index is 11.6. The fourth-order valence-corrected chi connectivity index (χ4v) is 1.91. The van der Waals surface area contributed by atoms with Gasteiger partial charge in [-0.05, 0) is 26.7 Å². The Balaban J connectivity index is 2.88. The van der Waals surface area contributed by atoms with Gasteiger partial charge in [-0.2, -0.15) is 0 Å². The van der Waals surface area contributed by atoms with Crippen molar-refractivity contribution in [1.82, 2.24) is 15.3 Å². The van der Waals surface area contributed by atoms with Crippen LogP contribution in [0.4, 0.5) is 11.6 Å². The fourth-order valence-electron chi connectivity index (χ4n) is 1.91. The Kier molecular flexibility index (Phi) is 7.50. The van der Waals surface area contributed by atoms with Crippen molar-refractivity contribution < 1.29 is 4.79 Å². The quantitative estimate of drug-likeness (QED) is 0.650. The van der Waals surface area contributed by atoms with Crippen LogP contribution in [-0.4, -0.2) is 35.5 Å². The summed E-state index contributed by atoms with van der Waals surface area (Å²) in [4.78, 5) is 20.6. The van der Waals surface area contributed by atoms with Gasteiger partial charge in [-0.1, -0.05) is 13.8 Å². The Morgan fingerprint density at radius 1 is 1.05 bits per heavy atom. The highest BCUT2D eigenvalue weighted by molar-refractivity contribution is 5.80. The maximum Gasteiger partial charge on any atom is 0.239 e. The zero-order valence-corrected chi connectivity index (χ0v) is 13.5. The lowest BCUT2D eigenvalue weighted by Gasteiger charge is -2.14. The van der Waals surface area contributed by atoms with Crippen LogP contribution in [0.5, 0.6) is 0 Å². The van der Waals surface area contributed by atoms with Gasteiger partial charge >= 0.3 is 0 Å². The lowest BCUT2D eigenvalue weighted by atomic mass is 10.2. The zero-order chi connectivity index (χ0) is 15.7. The van der Waals surface area contributed by atoms with Gasteiger partial charge in [-0.25, -0.2) is 9.97 Å². The molecule has 0 unspecified atom stereocenters. The van der Waals surface area contributed by atoms with Crippen molar-refractivity contribution in [2.45, 2.75) is 47.0 Å². The molecule has 0 aromatic carbocycles. The van der Waals surface area contributed by atoms with Crippen LogP contribution in [0.3, 0.4) is 0 Å². The van der Waals surface area contributed by atoms with Crippen molar-refractivity contribution in [3.8, 4) is 0 Å². The highest BCUT2D eigenvalue weighted by Crippen LogP contribution is 2.20. The summed E-state index contributed by atoms with van der Waals surface area (Å²) in [6, 6.07) is 0. The van der Waals surface area contributed by atoms with E-state index in [0.29, 0.717) is 6.54 Å². The van der Waals surface area contributed by atoms with E-state index in [4.69, 9.17) is 0 Å². The van der Waals surface area contributed by atoms with Crippen LogP contribution >= 0.6 is 0 Å². The molecule has 0 aliphatic rings.